The van der Waals surface area contributed by atoms with Crippen LogP contribution in [0.25, 0.3) is 0 Å². The Balaban J connectivity index is 1.96. The molecule has 0 unspecified atom stereocenters. The predicted octanol–water partition coefficient (Wildman–Crippen LogP) is 2.46. The number of carbonyl (C=O) groups excluding carboxylic acids is 1. The number of aryl methyl sites for hydroxylation is 3. The summed E-state index contributed by atoms with van der Waals surface area (Å²) in [5.74, 6) is 0.481. The SMILES string of the molecule is CC(=O)Nc1cc(CCc2ccccc2C)[nH]n1. The van der Waals surface area contributed by atoms with Gasteiger partial charge in [0.15, 0.2) is 5.82 Å². The van der Waals surface area contributed by atoms with Crippen molar-refractivity contribution in [1.82, 2.24) is 10.2 Å². The van der Waals surface area contributed by atoms with Crippen molar-refractivity contribution in [3.63, 3.8) is 0 Å². The zero-order chi connectivity index (χ0) is 13.0. The molecular weight excluding hydrogens is 226 g/mol. The van der Waals surface area contributed by atoms with Crippen molar-refractivity contribution in [1.29, 1.82) is 0 Å². The van der Waals surface area contributed by atoms with E-state index in [0.29, 0.717) is 5.82 Å². The molecule has 1 aromatic heterocycles. The molecule has 0 aliphatic heterocycles. The molecule has 0 atom stereocenters. The van der Waals surface area contributed by atoms with Gasteiger partial charge in [0.2, 0.25) is 5.91 Å². The number of hydrogen-bond acceptors (Lipinski definition) is 2. The summed E-state index contributed by atoms with van der Waals surface area (Å²) in [4.78, 5) is 10.9. The van der Waals surface area contributed by atoms with Gasteiger partial charge in [-0.15, -0.1) is 0 Å². The quantitative estimate of drug-likeness (QED) is 0.866. The van der Waals surface area contributed by atoms with E-state index in [1.165, 1.54) is 18.1 Å². The molecule has 0 radical (unpaired) electrons. The Morgan fingerprint density at radius 1 is 1.33 bits per heavy atom. The van der Waals surface area contributed by atoms with E-state index in [0.717, 1.165) is 18.5 Å². The molecule has 18 heavy (non-hydrogen) atoms. The van der Waals surface area contributed by atoms with E-state index < -0.39 is 0 Å². The summed E-state index contributed by atoms with van der Waals surface area (Å²) >= 11 is 0. The number of rotatable bonds is 4. The molecule has 0 bridgehead atoms. The maximum Gasteiger partial charge on any atom is 0.222 e. The lowest BCUT2D eigenvalue weighted by atomic mass is 10.0. The van der Waals surface area contributed by atoms with Crippen LogP contribution in [0.5, 0.6) is 0 Å². The smallest absolute Gasteiger partial charge is 0.222 e. The summed E-state index contributed by atoms with van der Waals surface area (Å²) in [5, 5.41) is 9.62. The number of anilines is 1. The minimum atomic E-state index is -0.105. The lowest BCUT2D eigenvalue weighted by molar-refractivity contribution is -0.114. The number of hydrogen-bond donors (Lipinski definition) is 2. The zero-order valence-corrected chi connectivity index (χ0v) is 10.7. The first-order valence-electron chi connectivity index (χ1n) is 6.01. The highest BCUT2D eigenvalue weighted by atomic mass is 16.1. The topological polar surface area (TPSA) is 57.8 Å². The van der Waals surface area contributed by atoms with E-state index in [-0.39, 0.29) is 5.91 Å². The normalized spacial score (nSPS) is 10.3. The molecular formula is C14H17N3O. The van der Waals surface area contributed by atoms with Gasteiger partial charge in [-0.2, -0.15) is 5.10 Å². The number of amides is 1. The maximum atomic E-state index is 10.9. The number of nitrogens with zero attached hydrogens (tertiary/aromatic N) is 1. The van der Waals surface area contributed by atoms with Gasteiger partial charge in [0.1, 0.15) is 0 Å². The Bertz CT molecular complexity index is 545. The number of carbonyl (C=O) groups is 1. The Morgan fingerprint density at radius 3 is 2.83 bits per heavy atom. The third-order valence-corrected chi connectivity index (χ3v) is 2.86. The molecule has 4 nitrogen and oxygen atoms in total. The summed E-state index contributed by atoms with van der Waals surface area (Å²) < 4.78 is 0. The van der Waals surface area contributed by atoms with Gasteiger partial charge >= 0.3 is 0 Å². The summed E-state index contributed by atoms with van der Waals surface area (Å²) in [5.41, 5.74) is 3.68. The first kappa shape index (κ1) is 12.4. The number of H-pyrrole nitrogens is 1. The van der Waals surface area contributed by atoms with Crippen molar-refractivity contribution in [2.75, 3.05) is 5.32 Å². The van der Waals surface area contributed by atoms with Gasteiger partial charge in [0.05, 0.1) is 0 Å². The number of aromatic amines is 1. The molecule has 0 spiro atoms. The molecule has 4 heteroatoms. The molecule has 0 saturated carbocycles. The van der Waals surface area contributed by atoms with Gasteiger partial charge in [-0.1, -0.05) is 24.3 Å². The predicted molar refractivity (Wildman–Crippen MR) is 71.5 cm³/mol. The third kappa shape index (κ3) is 3.20. The summed E-state index contributed by atoms with van der Waals surface area (Å²) in [6.07, 6.45) is 1.85. The highest BCUT2D eigenvalue weighted by Crippen LogP contribution is 2.12. The van der Waals surface area contributed by atoms with Gasteiger partial charge in [-0.3, -0.25) is 9.89 Å². The second-order valence-electron chi connectivity index (χ2n) is 4.39. The van der Waals surface area contributed by atoms with Crippen molar-refractivity contribution >= 4 is 11.7 Å². The summed E-state index contributed by atoms with van der Waals surface area (Å²) in [6, 6.07) is 10.2. The summed E-state index contributed by atoms with van der Waals surface area (Å²) in [6.45, 7) is 3.59. The molecule has 0 saturated heterocycles. The second kappa shape index (κ2) is 5.49. The van der Waals surface area contributed by atoms with Gasteiger partial charge in [0, 0.05) is 18.7 Å². The average Bonchev–Trinajstić information content (AvgIpc) is 2.75. The van der Waals surface area contributed by atoms with Crippen LogP contribution in [-0.4, -0.2) is 16.1 Å². The van der Waals surface area contributed by atoms with Crippen molar-refractivity contribution in [2.24, 2.45) is 0 Å². The lowest BCUT2D eigenvalue weighted by Gasteiger charge is -2.03. The minimum Gasteiger partial charge on any atom is -0.309 e. The lowest BCUT2D eigenvalue weighted by Crippen LogP contribution is -2.05. The van der Waals surface area contributed by atoms with E-state index in [2.05, 4.69) is 40.6 Å². The molecule has 0 aliphatic rings. The van der Waals surface area contributed by atoms with Crippen molar-refractivity contribution in [3.05, 3.63) is 47.2 Å². The highest BCUT2D eigenvalue weighted by molar-refractivity contribution is 5.87. The fourth-order valence-electron chi connectivity index (χ4n) is 1.89. The van der Waals surface area contributed by atoms with Crippen LogP contribution in [-0.2, 0) is 17.6 Å². The first-order valence-corrected chi connectivity index (χ1v) is 6.01. The molecule has 1 heterocycles. The van der Waals surface area contributed by atoms with Crippen LogP contribution in [0.15, 0.2) is 30.3 Å². The standard InChI is InChI=1S/C14H17N3O/c1-10-5-3-4-6-12(10)7-8-13-9-14(17-16-13)15-11(2)18/h3-6,9H,7-8H2,1-2H3,(H2,15,16,17,18). The van der Waals surface area contributed by atoms with Crippen LogP contribution in [0.3, 0.4) is 0 Å². The molecule has 2 N–H and O–H groups in total. The molecule has 2 aromatic rings. The summed E-state index contributed by atoms with van der Waals surface area (Å²) in [7, 11) is 0. The Hall–Kier alpha value is -2.10. The van der Waals surface area contributed by atoms with Crippen molar-refractivity contribution in [3.8, 4) is 0 Å². The Labute approximate surface area is 106 Å². The first-order chi connectivity index (χ1) is 8.65. The fraction of sp³-hybridized carbons (Fsp3) is 0.286. The van der Waals surface area contributed by atoms with Crippen LogP contribution < -0.4 is 5.32 Å². The van der Waals surface area contributed by atoms with Crippen LogP contribution in [0.4, 0.5) is 5.82 Å². The van der Waals surface area contributed by atoms with E-state index in [1.54, 1.807) is 0 Å². The van der Waals surface area contributed by atoms with E-state index in [4.69, 9.17) is 0 Å². The van der Waals surface area contributed by atoms with Crippen LogP contribution in [0.2, 0.25) is 0 Å². The minimum absolute atomic E-state index is 0.105. The van der Waals surface area contributed by atoms with Crippen molar-refractivity contribution in [2.45, 2.75) is 26.7 Å². The molecule has 2 rings (SSSR count). The molecule has 1 amide bonds. The van der Waals surface area contributed by atoms with E-state index in [9.17, 15) is 4.79 Å². The maximum absolute atomic E-state index is 10.9. The number of aromatic nitrogens is 2. The van der Waals surface area contributed by atoms with E-state index in [1.807, 2.05) is 12.1 Å². The van der Waals surface area contributed by atoms with Crippen molar-refractivity contribution < 1.29 is 4.79 Å². The van der Waals surface area contributed by atoms with Crippen LogP contribution in [0, 0.1) is 6.92 Å². The van der Waals surface area contributed by atoms with Crippen LogP contribution in [0.1, 0.15) is 23.7 Å². The van der Waals surface area contributed by atoms with Crippen LogP contribution >= 0.6 is 0 Å². The number of nitrogens with one attached hydrogen (secondary N) is 2. The number of benzene rings is 1. The largest absolute Gasteiger partial charge is 0.309 e. The Kier molecular flexibility index (Phi) is 3.77. The molecule has 94 valence electrons. The molecule has 0 fully saturated rings. The van der Waals surface area contributed by atoms with Gasteiger partial charge in [-0.25, -0.2) is 0 Å². The van der Waals surface area contributed by atoms with Gasteiger partial charge < -0.3 is 5.32 Å². The third-order valence-electron chi connectivity index (χ3n) is 2.86. The highest BCUT2D eigenvalue weighted by Gasteiger charge is 2.03. The van der Waals surface area contributed by atoms with E-state index >= 15 is 0 Å². The van der Waals surface area contributed by atoms with Gasteiger partial charge in [0.25, 0.3) is 0 Å². The molecule has 1 aromatic carbocycles. The zero-order valence-electron chi connectivity index (χ0n) is 10.7. The second-order valence-corrected chi connectivity index (χ2v) is 4.39. The average molecular weight is 243 g/mol. The fourth-order valence-corrected chi connectivity index (χ4v) is 1.89. The molecule has 0 aliphatic carbocycles. The van der Waals surface area contributed by atoms with Gasteiger partial charge in [-0.05, 0) is 30.9 Å². The monoisotopic (exact) mass is 243 g/mol. The Morgan fingerprint density at radius 2 is 2.11 bits per heavy atom.